The molecule has 9 nitrogen and oxygen atoms in total. The minimum absolute atomic E-state index is 0.00821. The van der Waals surface area contributed by atoms with Crippen LogP contribution >= 0.6 is 23.2 Å². The van der Waals surface area contributed by atoms with E-state index in [2.05, 4.69) is 5.32 Å². The second-order valence-electron chi connectivity index (χ2n) is 10.8. The van der Waals surface area contributed by atoms with Crippen LogP contribution in [-0.4, -0.2) is 57.5 Å². The summed E-state index contributed by atoms with van der Waals surface area (Å²) in [5.74, 6) is -0.298. The number of sulfonamides is 1. The number of nitrogens with zero attached hydrogens (tertiary/aromatic N) is 2. The van der Waals surface area contributed by atoms with E-state index in [-0.39, 0.29) is 40.2 Å². The number of anilines is 1. The quantitative estimate of drug-likeness (QED) is 0.261. The van der Waals surface area contributed by atoms with Gasteiger partial charge in [0.1, 0.15) is 12.6 Å². The van der Waals surface area contributed by atoms with Gasteiger partial charge in [0.25, 0.3) is 10.0 Å². The molecular weight excluding hydrogens is 613 g/mol. The number of benzene rings is 3. The van der Waals surface area contributed by atoms with Gasteiger partial charge in [-0.3, -0.25) is 13.9 Å². The molecule has 0 unspecified atom stereocenters. The number of hydrogen-bond donors (Lipinski definition) is 1. The van der Waals surface area contributed by atoms with Crippen molar-refractivity contribution in [2.75, 3.05) is 25.1 Å². The summed E-state index contributed by atoms with van der Waals surface area (Å²) in [4.78, 5) is 29.1. The van der Waals surface area contributed by atoms with Gasteiger partial charge in [-0.1, -0.05) is 54.4 Å². The fourth-order valence-corrected chi connectivity index (χ4v) is 6.18. The number of methoxy groups -OCH3 is 2. The molecule has 0 saturated carbocycles. The van der Waals surface area contributed by atoms with E-state index in [0.29, 0.717) is 16.3 Å². The molecule has 0 radical (unpaired) electrons. The van der Waals surface area contributed by atoms with Gasteiger partial charge in [0.2, 0.25) is 11.8 Å². The highest BCUT2D eigenvalue weighted by Crippen LogP contribution is 2.34. The summed E-state index contributed by atoms with van der Waals surface area (Å²) in [6, 6.07) is 16.4. The van der Waals surface area contributed by atoms with Crippen LogP contribution in [-0.2, 0) is 26.2 Å². The van der Waals surface area contributed by atoms with Gasteiger partial charge in [-0.25, -0.2) is 8.42 Å². The Morgan fingerprint density at radius 2 is 1.56 bits per heavy atom. The van der Waals surface area contributed by atoms with Crippen molar-refractivity contribution in [3.05, 3.63) is 82.3 Å². The largest absolute Gasteiger partial charge is 0.493 e. The zero-order valence-corrected chi connectivity index (χ0v) is 27.4. The molecule has 0 aliphatic heterocycles. The highest BCUT2D eigenvalue weighted by atomic mass is 35.5. The summed E-state index contributed by atoms with van der Waals surface area (Å²) in [6.45, 7) is 6.69. The predicted octanol–water partition coefficient (Wildman–Crippen LogP) is 5.93. The number of nitrogens with one attached hydrogen (secondary N) is 1. The average molecular weight is 651 g/mol. The second kappa shape index (κ2) is 14.3. The van der Waals surface area contributed by atoms with Crippen molar-refractivity contribution in [2.45, 2.75) is 57.1 Å². The predicted molar refractivity (Wildman–Crippen MR) is 170 cm³/mol. The Labute approximate surface area is 263 Å². The fourth-order valence-electron chi connectivity index (χ4n) is 4.44. The van der Waals surface area contributed by atoms with Gasteiger partial charge in [-0.15, -0.1) is 0 Å². The van der Waals surface area contributed by atoms with Crippen LogP contribution < -0.4 is 19.1 Å². The summed E-state index contributed by atoms with van der Waals surface area (Å²) in [7, 11) is -1.35. The summed E-state index contributed by atoms with van der Waals surface area (Å²) >= 11 is 12.4. The van der Waals surface area contributed by atoms with E-state index >= 15 is 0 Å². The van der Waals surface area contributed by atoms with Crippen molar-refractivity contribution in [1.29, 1.82) is 0 Å². The van der Waals surface area contributed by atoms with E-state index in [1.165, 1.54) is 43.4 Å². The van der Waals surface area contributed by atoms with Gasteiger partial charge in [-0.05, 0) is 69.2 Å². The fraction of sp³-hybridized carbons (Fsp3) is 0.355. The Kier molecular flexibility index (Phi) is 11.3. The van der Waals surface area contributed by atoms with Gasteiger partial charge < -0.3 is 19.7 Å². The van der Waals surface area contributed by atoms with Crippen LogP contribution in [0.1, 0.15) is 39.7 Å². The lowest BCUT2D eigenvalue weighted by molar-refractivity contribution is -0.141. The first-order valence-corrected chi connectivity index (χ1v) is 15.8. The Balaban J connectivity index is 2.13. The maximum absolute atomic E-state index is 14.2. The van der Waals surface area contributed by atoms with Crippen LogP contribution in [0, 0.1) is 0 Å². The van der Waals surface area contributed by atoms with E-state index in [0.717, 1.165) is 4.31 Å². The maximum Gasteiger partial charge on any atom is 0.264 e. The second-order valence-corrected chi connectivity index (χ2v) is 13.5. The monoisotopic (exact) mass is 649 g/mol. The van der Waals surface area contributed by atoms with Crippen LogP contribution in [0.2, 0.25) is 10.0 Å². The molecule has 2 amide bonds. The lowest BCUT2D eigenvalue weighted by Gasteiger charge is -2.35. The Bertz CT molecular complexity index is 1540. The molecule has 0 heterocycles. The van der Waals surface area contributed by atoms with Crippen LogP contribution in [0.25, 0.3) is 0 Å². The minimum atomic E-state index is -4.24. The first-order chi connectivity index (χ1) is 20.2. The Morgan fingerprint density at radius 1 is 0.907 bits per heavy atom. The van der Waals surface area contributed by atoms with E-state index in [9.17, 15) is 18.0 Å². The van der Waals surface area contributed by atoms with Gasteiger partial charge >= 0.3 is 0 Å². The van der Waals surface area contributed by atoms with E-state index in [1.807, 2.05) is 20.8 Å². The number of halogens is 2. The molecular formula is C31H37Cl2N3O6S. The number of hydrogen-bond acceptors (Lipinski definition) is 6. The van der Waals surface area contributed by atoms with Crippen LogP contribution in [0.4, 0.5) is 5.69 Å². The number of rotatable bonds is 12. The third-order valence-corrected chi connectivity index (χ3v) is 9.01. The lowest BCUT2D eigenvalue weighted by Crippen LogP contribution is -2.55. The van der Waals surface area contributed by atoms with Crippen LogP contribution in [0.5, 0.6) is 11.5 Å². The minimum Gasteiger partial charge on any atom is -0.493 e. The third-order valence-electron chi connectivity index (χ3n) is 6.49. The molecule has 3 aromatic carbocycles. The van der Waals surface area contributed by atoms with Crippen molar-refractivity contribution in [2.24, 2.45) is 0 Å². The molecule has 0 bridgehead atoms. The van der Waals surface area contributed by atoms with Gasteiger partial charge in [0, 0.05) is 18.2 Å². The molecule has 3 rings (SSSR count). The van der Waals surface area contributed by atoms with E-state index in [1.54, 1.807) is 49.4 Å². The standard InChI is InChI=1S/C31H37Cl2N3O6S/c1-7-26(30(38)34-31(2,3)4)35(19-21-13-15-24(32)25(33)17-21)29(37)20-36(43(39,40)23-11-9-8-10-12-23)22-14-16-27(41-5)28(18-22)42-6/h8-18,26H,7,19-20H2,1-6H3,(H,34,38)/t26-/m1/s1. The maximum atomic E-state index is 14.2. The molecule has 1 atom stereocenters. The number of carbonyl (C=O) groups excluding carboxylic acids is 2. The zero-order valence-electron chi connectivity index (χ0n) is 25.1. The lowest BCUT2D eigenvalue weighted by atomic mass is 10.1. The summed E-state index contributed by atoms with van der Waals surface area (Å²) in [6.07, 6.45) is 0.275. The van der Waals surface area contributed by atoms with Crippen LogP contribution in [0.3, 0.4) is 0 Å². The Hall–Kier alpha value is -3.47. The Morgan fingerprint density at radius 3 is 2.12 bits per heavy atom. The molecule has 0 aromatic heterocycles. The summed E-state index contributed by atoms with van der Waals surface area (Å²) in [5, 5.41) is 3.57. The van der Waals surface area contributed by atoms with E-state index in [4.69, 9.17) is 32.7 Å². The van der Waals surface area contributed by atoms with Gasteiger partial charge in [-0.2, -0.15) is 0 Å². The number of ether oxygens (including phenoxy) is 2. The van der Waals surface area contributed by atoms with Crippen molar-refractivity contribution >= 4 is 50.7 Å². The summed E-state index contributed by atoms with van der Waals surface area (Å²) < 4.78 is 39.8. The number of carbonyl (C=O) groups is 2. The first-order valence-electron chi connectivity index (χ1n) is 13.6. The molecule has 12 heteroatoms. The SMILES string of the molecule is CC[C@H](C(=O)NC(C)(C)C)N(Cc1ccc(Cl)c(Cl)c1)C(=O)CN(c1ccc(OC)c(OC)c1)S(=O)(=O)c1ccccc1. The molecule has 0 fully saturated rings. The third kappa shape index (κ3) is 8.55. The first kappa shape index (κ1) is 34.0. The molecule has 3 aromatic rings. The van der Waals surface area contributed by atoms with Crippen molar-refractivity contribution in [3.8, 4) is 11.5 Å². The van der Waals surface area contributed by atoms with Crippen molar-refractivity contribution in [1.82, 2.24) is 10.2 Å². The highest BCUT2D eigenvalue weighted by molar-refractivity contribution is 7.92. The highest BCUT2D eigenvalue weighted by Gasteiger charge is 2.35. The molecule has 0 aliphatic rings. The van der Waals surface area contributed by atoms with Crippen LogP contribution in [0.15, 0.2) is 71.6 Å². The van der Waals surface area contributed by atoms with Gasteiger partial charge in [0.05, 0.1) is 34.8 Å². The van der Waals surface area contributed by atoms with Crippen molar-refractivity contribution in [3.63, 3.8) is 0 Å². The van der Waals surface area contributed by atoms with Crippen molar-refractivity contribution < 1.29 is 27.5 Å². The molecule has 0 aliphatic carbocycles. The molecule has 0 saturated heterocycles. The molecule has 1 N–H and O–H groups in total. The zero-order chi connectivity index (χ0) is 31.9. The molecule has 43 heavy (non-hydrogen) atoms. The topological polar surface area (TPSA) is 105 Å². The normalized spacial score (nSPS) is 12.3. The molecule has 0 spiro atoms. The summed E-state index contributed by atoms with van der Waals surface area (Å²) in [5.41, 5.74) is 0.232. The molecule has 232 valence electrons. The van der Waals surface area contributed by atoms with E-state index < -0.39 is 34.1 Å². The number of amides is 2. The smallest absolute Gasteiger partial charge is 0.264 e. The van der Waals surface area contributed by atoms with Gasteiger partial charge in [0.15, 0.2) is 11.5 Å². The average Bonchev–Trinajstić information content (AvgIpc) is 2.96.